The van der Waals surface area contributed by atoms with Gasteiger partial charge < -0.3 is 19.5 Å². The van der Waals surface area contributed by atoms with Crippen molar-refractivity contribution in [3.63, 3.8) is 0 Å². The zero-order valence-electron chi connectivity index (χ0n) is 15.0. The van der Waals surface area contributed by atoms with E-state index in [1.807, 2.05) is 0 Å². The normalized spacial score (nSPS) is 19.1. The van der Waals surface area contributed by atoms with Crippen LogP contribution >= 0.6 is 0 Å². The summed E-state index contributed by atoms with van der Waals surface area (Å²) >= 11 is 0. The number of hydrogen-bond donors (Lipinski definition) is 1. The molecule has 1 aliphatic heterocycles. The van der Waals surface area contributed by atoms with Crippen molar-refractivity contribution in [2.75, 3.05) is 20.8 Å². The molecular formula is C20H20N2O5. The number of likely N-dealkylation sites (tertiary alicyclic amines) is 1. The number of pyridine rings is 1. The van der Waals surface area contributed by atoms with Gasteiger partial charge in [-0.25, -0.2) is 0 Å². The molecule has 0 bridgehead atoms. The fourth-order valence-electron chi connectivity index (χ4n) is 3.11. The van der Waals surface area contributed by atoms with Crippen molar-refractivity contribution in [2.45, 2.75) is 12.3 Å². The van der Waals surface area contributed by atoms with Crippen LogP contribution in [-0.2, 0) is 19.1 Å². The second-order valence-electron chi connectivity index (χ2n) is 6.00. The Morgan fingerprint density at radius 1 is 1.15 bits per heavy atom. The van der Waals surface area contributed by atoms with Gasteiger partial charge in [-0.2, -0.15) is 0 Å². The third kappa shape index (κ3) is 3.60. The number of aliphatic hydroxyl groups excluding tert-OH is 1. The van der Waals surface area contributed by atoms with Crippen molar-refractivity contribution in [3.05, 3.63) is 71.6 Å². The van der Waals surface area contributed by atoms with E-state index >= 15 is 0 Å². The number of nitrogens with zero attached hydrogens (tertiary/aromatic N) is 2. The van der Waals surface area contributed by atoms with Gasteiger partial charge in [-0.1, -0.05) is 36.4 Å². The lowest BCUT2D eigenvalue weighted by Crippen LogP contribution is -2.38. The predicted molar refractivity (Wildman–Crippen MR) is 97.5 cm³/mol. The van der Waals surface area contributed by atoms with Crippen molar-refractivity contribution < 1.29 is 24.2 Å². The maximum atomic E-state index is 12.8. The number of carbonyl (C=O) groups is 2. The zero-order chi connectivity index (χ0) is 19.4. The summed E-state index contributed by atoms with van der Waals surface area (Å²) in [6.45, 7) is 0.0305. The van der Waals surface area contributed by atoms with Gasteiger partial charge in [0.25, 0.3) is 11.7 Å². The van der Waals surface area contributed by atoms with Gasteiger partial charge in [-0.05, 0) is 11.6 Å². The average Bonchev–Trinajstić information content (AvgIpc) is 2.97. The first-order valence-corrected chi connectivity index (χ1v) is 8.37. The van der Waals surface area contributed by atoms with E-state index in [4.69, 9.17) is 9.47 Å². The molecule has 0 saturated carbocycles. The number of aliphatic hydroxyl groups is 1. The van der Waals surface area contributed by atoms with Gasteiger partial charge in [-0.3, -0.25) is 14.6 Å². The number of carbonyl (C=O) groups excluding carboxylic acids is 2. The molecule has 0 aliphatic carbocycles. The Hall–Kier alpha value is -3.03. The Labute approximate surface area is 156 Å². The number of methoxy groups -OCH3 is 2. The summed E-state index contributed by atoms with van der Waals surface area (Å²) < 4.78 is 10.4. The van der Waals surface area contributed by atoms with Crippen molar-refractivity contribution in [3.8, 4) is 0 Å². The quantitative estimate of drug-likeness (QED) is 0.364. The summed E-state index contributed by atoms with van der Waals surface area (Å²) in [5, 5.41) is 10.8. The minimum Gasteiger partial charge on any atom is -0.507 e. The number of hydrogen-bond acceptors (Lipinski definition) is 6. The molecule has 7 heteroatoms. The van der Waals surface area contributed by atoms with Crippen molar-refractivity contribution in [1.82, 2.24) is 9.88 Å². The van der Waals surface area contributed by atoms with E-state index in [1.54, 1.807) is 54.9 Å². The van der Waals surface area contributed by atoms with Crippen LogP contribution in [0.3, 0.4) is 0 Å². The van der Waals surface area contributed by atoms with Crippen LogP contribution < -0.4 is 0 Å². The highest BCUT2D eigenvalue weighted by Crippen LogP contribution is 2.39. The summed E-state index contributed by atoms with van der Waals surface area (Å²) in [5.74, 6) is -1.70. The van der Waals surface area contributed by atoms with Crippen molar-refractivity contribution >= 4 is 17.4 Å². The third-order valence-electron chi connectivity index (χ3n) is 4.46. The number of ketones is 1. The molecule has 140 valence electrons. The molecule has 0 radical (unpaired) electrons. The van der Waals surface area contributed by atoms with E-state index in [0.717, 1.165) is 0 Å². The maximum Gasteiger partial charge on any atom is 0.295 e. The summed E-state index contributed by atoms with van der Waals surface area (Å²) in [7, 11) is 2.90. The van der Waals surface area contributed by atoms with E-state index in [2.05, 4.69) is 4.98 Å². The highest BCUT2D eigenvalue weighted by atomic mass is 16.7. The van der Waals surface area contributed by atoms with Crippen LogP contribution in [0.15, 0.2) is 60.4 Å². The summed E-state index contributed by atoms with van der Waals surface area (Å²) in [6, 6.07) is 11.3. The molecule has 1 aromatic carbocycles. The van der Waals surface area contributed by atoms with Crippen LogP contribution in [0.2, 0.25) is 0 Å². The second-order valence-corrected chi connectivity index (χ2v) is 6.00. The highest BCUT2D eigenvalue weighted by molar-refractivity contribution is 6.46. The van der Waals surface area contributed by atoms with Gasteiger partial charge in [0.1, 0.15) is 5.76 Å². The first-order chi connectivity index (χ1) is 13.1. The zero-order valence-corrected chi connectivity index (χ0v) is 15.0. The molecule has 3 rings (SSSR count). The Morgan fingerprint density at radius 2 is 1.85 bits per heavy atom. The van der Waals surface area contributed by atoms with Crippen LogP contribution in [0, 0.1) is 0 Å². The van der Waals surface area contributed by atoms with Gasteiger partial charge >= 0.3 is 0 Å². The summed E-state index contributed by atoms with van der Waals surface area (Å²) in [5.41, 5.74) is 1.09. The predicted octanol–water partition coefficient (Wildman–Crippen LogP) is 2.12. The van der Waals surface area contributed by atoms with Crippen molar-refractivity contribution in [1.29, 1.82) is 0 Å². The molecule has 1 saturated heterocycles. The standard InChI is InChI=1S/C20H20N2O5/c1-26-15(27-2)12-22-17(14-9-6-10-21-11-14)16(19(24)20(22)25)18(23)13-7-4-3-5-8-13/h3-11,15,17,23H,12H2,1-2H3/b18-16-. The Balaban J connectivity index is 2.14. The fraction of sp³-hybridized carbons (Fsp3) is 0.250. The Bertz CT molecular complexity index is 847. The minimum atomic E-state index is -0.785. The first-order valence-electron chi connectivity index (χ1n) is 8.37. The lowest BCUT2D eigenvalue weighted by atomic mass is 9.96. The number of benzene rings is 1. The topological polar surface area (TPSA) is 89.0 Å². The number of Topliss-reactive ketones (excluding diaryl/α,β-unsaturated/α-hetero) is 1. The van der Waals surface area contributed by atoms with Gasteiger partial charge in [-0.15, -0.1) is 0 Å². The fourth-order valence-corrected chi connectivity index (χ4v) is 3.11. The Kier molecular flexibility index (Phi) is 5.63. The lowest BCUT2D eigenvalue weighted by molar-refractivity contribution is -0.149. The SMILES string of the molecule is COC(CN1C(=O)C(=O)/C(=C(\O)c2ccccc2)C1c1cccnc1)OC. The van der Waals surface area contributed by atoms with E-state index in [-0.39, 0.29) is 17.9 Å². The van der Waals surface area contributed by atoms with Gasteiger partial charge in [0.05, 0.1) is 18.2 Å². The molecule has 2 heterocycles. The van der Waals surface area contributed by atoms with Crippen LogP contribution in [0.4, 0.5) is 0 Å². The van der Waals surface area contributed by atoms with Gasteiger partial charge in [0.15, 0.2) is 6.29 Å². The molecule has 1 unspecified atom stereocenters. The molecule has 1 aliphatic rings. The van der Waals surface area contributed by atoms with E-state index in [0.29, 0.717) is 11.1 Å². The number of ether oxygens (including phenoxy) is 2. The number of amides is 1. The molecule has 7 nitrogen and oxygen atoms in total. The average molecular weight is 368 g/mol. The molecule has 27 heavy (non-hydrogen) atoms. The number of aromatic nitrogens is 1. The van der Waals surface area contributed by atoms with Gasteiger partial charge in [0.2, 0.25) is 0 Å². The third-order valence-corrected chi connectivity index (χ3v) is 4.46. The second kappa shape index (κ2) is 8.11. The molecular weight excluding hydrogens is 348 g/mol. The maximum absolute atomic E-state index is 12.8. The molecule has 1 aromatic heterocycles. The molecule has 1 amide bonds. The first kappa shape index (κ1) is 18.8. The van der Waals surface area contributed by atoms with Gasteiger partial charge in [0, 0.05) is 32.2 Å². The van der Waals surface area contributed by atoms with Crippen LogP contribution in [-0.4, -0.2) is 53.7 Å². The Morgan fingerprint density at radius 3 is 2.44 bits per heavy atom. The van der Waals surface area contributed by atoms with E-state index < -0.39 is 24.0 Å². The number of rotatable bonds is 6. The van der Waals surface area contributed by atoms with E-state index in [1.165, 1.54) is 19.1 Å². The molecule has 1 atom stereocenters. The molecule has 1 N–H and O–H groups in total. The van der Waals surface area contributed by atoms with Crippen molar-refractivity contribution in [2.24, 2.45) is 0 Å². The smallest absolute Gasteiger partial charge is 0.295 e. The minimum absolute atomic E-state index is 0.0187. The van der Waals surface area contributed by atoms with Crippen LogP contribution in [0.1, 0.15) is 17.2 Å². The monoisotopic (exact) mass is 368 g/mol. The van der Waals surface area contributed by atoms with Crippen LogP contribution in [0.25, 0.3) is 5.76 Å². The molecule has 2 aromatic rings. The summed E-state index contributed by atoms with van der Waals surface area (Å²) in [6.07, 6.45) is 2.45. The summed E-state index contributed by atoms with van der Waals surface area (Å²) in [4.78, 5) is 30.9. The highest BCUT2D eigenvalue weighted by Gasteiger charge is 2.46. The molecule has 1 fully saturated rings. The van der Waals surface area contributed by atoms with E-state index in [9.17, 15) is 14.7 Å². The largest absolute Gasteiger partial charge is 0.507 e. The van der Waals surface area contributed by atoms with Crippen LogP contribution in [0.5, 0.6) is 0 Å². The lowest BCUT2D eigenvalue weighted by Gasteiger charge is -2.27. The molecule has 0 spiro atoms.